The van der Waals surface area contributed by atoms with Crippen LogP contribution < -0.4 is 22.4 Å². The van der Waals surface area contributed by atoms with Gasteiger partial charge in [0.15, 0.2) is 51.0 Å². The van der Waals surface area contributed by atoms with Crippen LogP contribution in [0.2, 0.25) is 0 Å². The van der Waals surface area contributed by atoms with Crippen LogP contribution in [0.25, 0.3) is 66.2 Å². The monoisotopic (exact) mass is 1680 g/mol. The van der Waals surface area contributed by atoms with E-state index in [1.54, 1.807) is 90.2 Å². The number of alkyl halides is 1. The quantitative estimate of drug-likeness (QED) is 0.0173. The van der Waals surface area contributed by atoms with Crippen molar-refractivity contribution in [2.45, 2.75) is 74.9 Å². The van der Waals surface area contributed by atoms with Crippen LogP contribution in [0.4, 0.5) is 22.0 Å². The molecule has 620 valence electrons. The number of imidazole rings is 3. The Kier molecular flexibility index (Phi) is 20.6. The summed E-state index contributed by atoms with van der Waals surface area (Å²) < 4.78 is 92.5. The van der Waals surface area contributed by atoms with Crippen LogP contribution in [0, 0.1) is 101 Å². The molecule has 0 unspecified atom stereocenters. The Balaban J connectivity index is 0.000000100. The predicted octanol–water partition coefficient (Wildman–Crippen LogP) is 13.8. The summed E-state index contributed by atoms with van der Waals surface area (Å²) in [5.41, 5.74) is 16.5. The first kappa shape index (κ1) is 78.8. The first-order valence-electron chi connectivity index (χ1n) is 40.0. The zero-order valence-corrected chi connectivity index (χ0v) is 66.7. The largest absolute Gasteiger partial charge is 0.409 e. The Bertz CT molecular complexity index is 6730. The molecule has 0 radical (unpaired) electrons. The van der Waals surface area contributed by atoms with Crippen LogP contribution in [0.5, 0.6) is 0 Å². The molecular formula is C89H75ClF5N21O7. The summed E-state index contributed by atoms with van der Waals surface area (Å²) >= 11 is 5.66. The summed E-state index contributed by atoms with van der Waals surface area (Å²) in [7, 11) is 5.26. The molecule has 34 heteroatoms. The number of benzene rings is 5. The number of nitrogens with zero attached hydrogens (tertiary/aromatic N) is 19. The van der Waals surface area contributed by atoms with E-state index in [-0.39, 0.29) is 88.5 Å². The van der Waals surface area contributed by atoms with Crippen LogP contribution in [-0.4, -0.2) is 105 Å². The van der Waals surface area contributed by atoms with E-state index in [0.717, 1.165) is 65.8 Å². The van der Waals surface area contributed by atoms with Crippen LogP contribution in [0.3, 0.4) is 0 Å². The molecule has 0 amide bonds. The van der Waals surface area contributed by atoms with E-state index < -0.39 is 0 Å². The Morgan fingerprint density at radius 2 is 0.805 bits per heavy atom. The fraction of sp³-hybridized carbons (Fsp3) is 0.292. The number of halogens is 6. The van der Waals surface area contributed by atoms with E-state index >= 15 is 0 Å². The van der Waals surface area contributed by atoms with Gasteiger partial charge in [-0.05, 0) is 138 Å². The van der Waals surface area contributed by atoms with Gasteiger partial charge in [-0.3, -0.25) is 23.5 Å². The van der Waals surface area contributed by atoms with Crippen molar-refractivity contribution >= 4 is 78.8 Å². The van der Waals surface area contributed by atoms with Crippen molar-refractivity contribution < 1.29 is 40.7 Å². The normalized spacial score (nSPS) is 24.4. The van der Waals surface area contributed by atoms with Gasteiger partial charge in [0.25, 0.3) is 16.7 Å². The average Bonchev–Trinajstić information content (AvgIpc) is 1.60. The number of aromatic nitrogens is 18. The third kappa shape index (κ3) is 15.1. The number of aryl methyl sites for hydroxylation is 3. The highest BCUT2D eigenvalue weighted by Gasteiger charge is 2.61. The molecule has 14 aromatic rings. The molecule has 5 aromatic carbocycles. The molecule has 4 N–H and O–H groups in total. The van der Waals surface area contributed by atoms with Gasteiger partial charge >= 0.3 is 0 Å². The van der Waals surface area contributed by atoms with Gasteiger partial charge < -0.3 is 48.0 Å². The Morgan fingerprint density at radius 3 is 1.12 bits per heavy atom. The molecule has 10 aliphatic carbocycles. The lowest BCUT2D eigenvalue weighted by Crippen LogP contribution is -2.22. The second-order valence-electron chi connectivity index (χ2n) is 32.3. The minimum absolute atomic E-state index is 0.149. The molecule has 9 aromatic heterocycles. The fourth-order valence-corrected chi connectivity index (χ4v) is 18.7. The molecular weight excluding hydrogens is 1610 g/mol. The van der Waals surface area contributed by atoms with Gasteiger partial charge in [0.05, 0.1) is 37.1 Å². The molecule has 9 heterocycles. The van der Waals surface area contributed by atoms with Crippen LogP contribution in [-0.2, 0) is 40.1 Å². The van der Waals surface area contributed by atoms with E-state index in [1.807, 2.05) is 54.6 Å². The first-order valence-corrected chi connectivity index (χ1v) is 40.6. The van der Waals surface area contributed by atoms with E-state index in [9.17, 15) is 36.3 Å². The second kappa shape index (κ2) is 32.2. The molecule has 5 saturated carbocycles. The van der Waals surface area contributed by atoms with Crippen LogP contribution in [0.1, 0.15) is 113 Å². The molecule has 0 saturated heterocycles. The third-order valence-corrected chi connectivity index (χ3v) is 25.3. The minimum Gasteiger partial charge on any atom is -0.409 e. The van der Waals surface area contributed by atoms with E-state index in [1.165, 1.54) is 58.4 Å². The molecule has 15 atom stereocenters. The highest BCUT2D eigenvalue weighted by atomic mass is 35.5. The van der Waals surface area contributed by atoms with Crippen molar-refractivity contribution in [1.82, 2.24) is 88.1 Å². The molecule has 28 nitrogen and oxygen atoms in total. The molecule has 10 aliphatic rings. The highest BCUT2D eigenvalue weighted by Crippen LogP contribution is 2.65. The maximum absolute atomic E-state index is 14.0. The lowest BCUT2D eigenvalue weighted by Gasteiger charge is -2.07. The smallest absolute Gasteiger partial charge is 0.280 e. The number of rotatable bonds is 14. The van der Waals surface area contributed by atoms with Gasteiger partial charge in [-0.1, -0.05) is 142 Å². The Hall–Kier alpha value is -14.0. The topological polar surface area (TPSA) is 349 Å². The molecule has 0 aliphatic heterocycles. The van der Waals surface area contributed by atoms with Gasteiger partial charge in [0.1, 0.15) is 66.5 Å². The second-order valence-corrected chi connectivity index (χ2v) is 32.5. The molecule has 0 bridgehead atoms. The number of fused-ring (bicyclic) bond motifs is 8. The van der Waals surface area contributed by atoms with Gasteiger partial charge in [-0.15, -0.1) is 11.6 Å². The van der Waals surface area contributed by atoms with Gasteiger partial charge in [-0.2, -0.15) is 15.0 Å². The number of hydrogen-bond acceptors (Lipinski definition) is 20. The van der Waals surface area contributed by atoms with Crippen molar-refractivity contribution in [3.8, 4) is 0 Å². The van der Waals surface area contributed by atoms with Crippen LogP contribution >= 0.6 is 11.6 Å². The highest BCUT2D eigenvalue weighted by molar-refractivity contribution is 6.16. The number of aromatic amines is 1. The van der Waals surface area contributed by atoms with Crippen molar-refractivity contribution in [1.29, 1.82) is 0 Å². The summed E-state index contributed by atoms with van der Waals surface area (Å²) in [5.74, 6) is 7.55. The lowest BCUT2D eigenvalue weighted by molar-refractivity contribution is 0.316. The molecule has 24 rings (SSSR count). The zero-order valence-electron chi connectivity index (χ0n) is 66.0. The maximum atomic E-state index is 14.0. The number of oxime groups is 1. The molecule has 5 fully saturated rings. The average molecular weight is 1680 g/mol. The standard InChI is InChI=1S/2C21H17FN6O2.C15H12ClFN2O.C13H13FN2O.C13H10FN.C6H6N4O/c2*1-27-9-23-20-18(27)21(29)28(10-24-20)8-16-25-19(26-30-16)17-13-6-11(7-14(13)17)12-4-2-3-5-15(12)22;16-7-13-18-15(19-20-13)14-10-5-8(6-11(10)14)9-3-1-2-4-12(9)17;14-11-4-2-1-3-8(11)7-5-9-10(6-7)12(9)13(15)16-17;1-15-13-10-6-8(7-11(10)13)9-4-2-3-5-12(9)14;1-10-3-9-5-4(10)6(11)8-2-7-5/h2*2-6,9-10,13-14,17H,7-8H2,1H3;1-5,10-11,14H,6-7H2;1-5,9-10,12,17H,6H2,(H2,15,16);2-6,10-11,13H,7H2;2-3H,1H3,(H,7,8,11)/t2*13-,14+,17+;10-,11+,14+;9-,10+,12+;10-,11+,13+;/m10000./s1. The van der Waals surface area contributed by atoms with E-state index in [2.05, 4.69) is 106 Å². The van der Waals surface area contributed by atoms with Gasteiger partial charge in [-0.25, -0.2) is 58.4 Å². The Labute approximate surface area is 700 Å². The van der Waals surface area contributed by atoms with Gasteiger partial charge in [0, 0.05) is 72.6 Å². The predicted molar refractivity (Wildman–Crippen MR) is 441 cm³/mol. The number of H-pyrrole nitrogens is 1. The van der Waals surface area contributed by atoms with Crippen molar-refractivity contribution in [2.24, 2.45) is 97.1 Å². The SMILES string of the molecule is Cn1cnc2nc[nH]c(=O)c21.Cn1cnc2ncn(Cc3nc([C@@H]4[C@H]5C=C(c6ccccc6F)C[C@H]54)no3)c(=O)c21.Cn1cnc2ncn(Cc3nc([C@H]4[C@@H]5C=C(c6ccccc6F)C[C@@H]54)no3)c(=O)c21.Fc1ccccc1C1=C[C@H]2[C@@H](C1)[C@@H]2c1noc(CCl)n1.N/C(=N\O)[C@@H]1[C@H]2C=C(c3ccccc3F)C[C@H]21.[C-]#[N+][C@@H]1[C@H]2C=C(c3ccccc3F)C[C@H]21. The van der Waals surface area contributed by atoms with Gasteiger partial charge in [0.2, 0.25) is 23.7 Å². The van der Waals surface area contributed by atoms with Crippen molar-refractivity contribution in [2.75, 3.05) is 0 Å². The maximum Gasteiger partial charge on any atom is 0.280 e. The number of hydrogen-bond donors (Lipinski definition) is 3. The third-order valence-electron chi connectivity index (χ3n) is 25.0. The first-order chi connectivity index (χ1) is 59.8. The molecule has 123 heavy (non-hydrogen) atoms. The Morgan fingerprint density at radius 1 is 0.472 bits per heavy atom. The summed E-state index contributed by atoms with van der Waals surface area (Å²) in [6, 6.07) is 34.5. The number of allylic oxidation sites excluding steroid dienone is 9. The summed E-state index contributed by atoms with van der Waals surface area (Å²) in [5, 5.41) is 23.9. The van der Waals surface area contributed by atoms with E-state index in [0.29, 0.717) is 162 Å². The van der Waals surface area contributed by atoms with E-state index in [4.69, 9.17) is 42.7 Å². The summed E-state index contributed by atoms with van der Waals surface area (Å²) in [4.78, 5) is 80.1. The summed E-state index contributed by atoms with van der Waals surface area (Å²) in [6.45, 7) is 7.25. The number of amidine groups is 1. The summed E-state index contributed by atoms with van der Waals surface area (Å²) in [6.07, 6.45) is 23.7. The van der Waals surface area contributed by atoms with Crippen LogP contribution in [0.15, 0.2) is 223 Å². The minimum atomic E-state index is -0.208. The number of nitrogens with one attached hydrogen (secondary N) is 1. The zero-order chi connectivity index (χ0) is 84.7. The van der Waals surface area contributed by atoms with Crippen molar-refractivity contribution in [3.63, 3.8) is 0 Å². The van der Waals surface area contributed by atoms with Crippen molar-refractivity contribution in [3.05, 3.63) is 324 Å². The fourth-order valence-electron chi connectivity index (χ4n) is 18.6. The molecule has 0 spiro atoms. The number of nitrogens with two attached hydrogens (primary N) is 1. The lowest BCUT2D eigenvalue weighted by atomic mass is 10.0.